The van der Waals surface area contributed by atoms with Crippen LogP contribution in [0.4, 0.5) is 11.8 Å². The molecule has 34 heavy (non-hydrogen) atoms. The highest BCUT2D eigenvalue weighted by Crippen LogP contribution is 2.31. The van der Waals surface area contributed by atoms with Crippen LogP contribution < -0.4 is 15.1 Å². The summed E-state index contributed by atoms with van der Waals surface area (Å²) in [5, 5.41) is 5.29. The van der Waals surface area contributed by atoms with E-state index in [1.807, 2.05) is 61.5 Å². The fraction of sp³-hybridized carbons (Fsp3) is 0.222. The van der Waals surface area contributed by atoms with Crippen molar-refractivity contribution in [2.24, 2.45) is 5.10 Å². The Bertz CT molecular complexity index is 1330. The highest BCUT2D eigenvalue weighted by atomic mass is 16.5. The van der Waals surface area contributed by atoms with Gasteiger partial charge in [-0.15, -0.1) is 0 Å². The van der Waals surface area contributed by atoms with E-state index in [4.69, 9.17) is 19.4 Å². The van der Waals surface area contributed by atoms with E-state index in [9.17, 15) is 0 Å². The number of hydrogen-bond acceptors (Lipinski definition) is 7. The molecule has 7 heteroatoms. The summed E-state index contributed by atoms with van der Waals surface area (Å²) in [7, 11) is 0. The number of anilines is 2. The molecule has 1 N–H and O–H groups in total. The summed E-state index contributed by atoms with van der Waals surface area (Å²) in [6.45, 7) is 6.97. The van der Waals surface area contributed by atoms with Crippen molar-refractivity contribution in [3.63, 3.8) is 0 Å². The molecule has 3 aromatic carbocycles. The molecule has 172 valence electrons. The number of aryl methyl sites for hydroxylation is 2. The van der Waals surface area contributed by atoms with Gasteiger partial charge in [-0.25, -0.2) is 10.4 Å². The minimum absolute atomic E-state index is 0.449. The van der Waals surface area contributed by atoms with Crippen LogP contribution in [0.3, 0.4) is 0 Å². The third-order valence-electron chi connectivity index (χ3n) is 5.60. The molecule has 0 amide bonds. The van der Waals surface area contributed by atoms with E-state index >= 15 is 0 Å². The maximum absolute atomic E-state index is 6.13. The van der Waals surface area contributed by atoms with Crippen molar-refractivity contribution < 1.29 is 9.47 Å². The van der Waals surface area contributed by atoms with Gasteiger partial charge in [-0.2, -0.15) is 10.1 Å². The molecule has 0 spiro atoms. The fourth-order valence-electron chi connectivity index (χ4n) is 3.95. The summed E-state index contributed by atoms with van der Waals surface area (Å²) in [6.07, 6.45) is 1.77. The van der Waals surface area contributed by atoms with E-state index in [-0.39, 0.29) is 0 Å². The molecule has 5 rings (SSSR count). The Morgan fingerprint density at radius 2 is 1.68 bits per heavy atom. The highest BCUT2D eigenvalue weighted by Gasteiger charge is 2.18. The van der Waals surface area contributed by atoms with Gasteiger partial charge >= 0.3 is 0 Å². The van der Waals surface area contributed by atoms with Gasteiger partial charge in [-0.1, -0.05) is 42.0 Å². The van der Waals surface area contributed by atoms with E-state index in [1.54, 1.807) is 6.21 Å². The number of hydrazone groups is 1. The predicted octanol–water partition coefficient (Wildman–Crippen LogP) is 5.32. The molecular formula is C27H27N5O2. The second-order valence-electron chi connectivity index (χ2n) is 8.35. The second-order valence-corrected chi connectivity index (χ2v) is 8.35. The quantitative estimate of drug-likeness (QED) is 0.315. The molecule has 1 aliphatic heterocycles. The van der Waals surface area contributed by atoms with Crippen LogP contribution in [0.1, 0.15) is 16.7 Å². The van der Waals surface area contributed by atoms with Gasteiger partial charge in [0.25, 0.3) is 0 Å². The number of hydrogen-bond donors (Lipinski definition) is 1. The normalized spacial score (nSPS) is 14.0. The zero-order valence-electron chi connectivity index (χ0n) is 19.4. The van der Waals surface area contributed by atoms with Gasteiger partial charge in [-0.05, 0) is 55.3 Å². The fourth-order valence-corrected chi connectivity index (χ4v) is 3.95. The van der Waals surface area contributed by atoms with Crippen molar-refractivity contribution in [2.45, 2.75) is 13.8 Å². The predicted molar refractivity (Wildman–Crippen MR) is 136 cm³/mol. The summed E-state index contributed by atoms with van der Waals surface area (Å²) in [4.78, 5) is 11.7. The molecule has 0 saturated carbocycles. The summed E-state index contributed by atoms with van der Waals surface area (Å²) in [5.74, 6) is 2.84. The third kappa shape index (κ3) is 5.15. The molecule has 1 fully saturated rings. The Kier molecular flexibility index (Phi) is 6.35. The molecule has 0 bridgehead atoms. The van der Waals surface area contributed by atoms with Crippen molar-refractivity contribution in [2.75, 3.05) is 36.6 Å². The first kappa shape index (κ1) is 21.9. The van der Waals surface area contributed by atoms with E-state index in [0.29, 0.717) is 19.2 Å². The molecule has 1 aromatic heterocycles. The second kappa shape index (κ2) is 9.89. The van der Waals surface area contributed by atoms with Crippen molar-refractivity contribution in [3.8, 4) is 11.5 Å². The topological polar surface area (TPSA) is 71.9 Å². The van der Waals surface area contributed by atoms with E-state index in [1.165, 1.54) is 5.56 Å². The zero-order valence-corrected chi connectivity index (χ0v) is 19.4. The maximum Gasteiger partial charge on any atom is 0.246 e. The summed E-state index contributed by atoms with van der Waals surface area (Å²) >= 11 is 0. The third-order valence-corrected chi connectivity index (χ3v) is 5.60. The van der Waals surface area contributed by atoms with Crippen molar-refractivity contribution in [3.05, 3.63) is 83.4 Å². The van der Waals surface area contributed by atoms with Crippen LogP contribution >= 0.6 is 0 Å². The Labute approximate surface area is 199 Å². The zero-order chi connectivity index (χ0) is 23.3. The number of benzene rings is 3. The first-order valence-electron chi connectivity index (χ1n) is 11.4. The first-order valence-corrected chi connectivity index (χ1v) is 11.4. The number of morpholine rings is 1. The van der Waals surface area contributed by atoms with Crippen molar-refractivity contribution in [1.82, 2.24) is 9.97 Å². The monoisotopic (exact) mass is 453 g/mol. The maximum atomic E-state index is 6.13. The van der Waals surface area contributed by atoms with Gasteiger partial charge < -0.3 is 14.4 Å². The van der Waals surface area contributed by atoms with Gasteiger partial charge in [-0.3, -0.25) is 0 Å². The Morgan fingerprint density at radius 3 is 2.47 bits per heavy atom. The van der Waals surface area contributed by atoms with Crippen LogP contribution in [0.25, 0.3) is 10.9 Å². The van der Waals surface area contributed by atoms with Crippen LogP contribution in [-0.2, 0) is 4.74 Å². The molecule has 0 unspecified atom stereocenters. The number of rotatable bonds is 6. The van der Waals surface area contributed by atoms with Gasteiger partial charge in [0.05, 0.1) is 24.9 Å². The lowest BCUT2D eigenvalue weighted by Gasteiger charge is -2.29. The first-order chi connectivity index (χ1) is 16.6. The van der Waals surface area contributed by atoms with Crippen LogP contribution in [0.2, 0.25) is 0 Å². The number of nitrogens with one attached hydrogen (secondary N) is 1. The molecule has 0 atom stereocenters. The van der Waals surface area contributed by atoms with E-state index in [0.717, 1.165) is 52.4 Å². The van der Waals surface area contributed by atoms with Crippen LogP contribution in [0.5, 0.6) is 11.5 Å². The minimum Gasteiger partial charge on any atom is -0.457 e. The minimum atomic E-state index is 0.449. The molecule has 0 aliphatic carbocycles. The standard InChI is InChI=1S/C27H27N5O2/c1-19-5-3-7-21(15-19)18-28-31-27-29-25-10-9-23(34-22-8-4-6-20(2)16-22)17-24(25)26(30-27)32-11-13-33-14-12-32/h3-10,15-18H,11-14H2,1-2H3,(H,29,30,31). The van der Waals surface area contributed by atoms with Gasteiger partial charge in [0, 0.05) is 18.5 Å². The molecule has 1 saturated heterocycles. The molecule has 0 radical (unpaired) electrons. The highest BCUT2D eigenvalue weighted by molar-refractivity contribution is 5.92. The average molecular weight is 454 g/mol. The average Bonchev–Trinajstić information content (AvgIpc) is 2.84. The lowest BCUT2D eigenvalue weighted by atomic mass is 10.2. The van der Waals surface area contributed by atoms with Crippen LogP contribution in [0, 0.1) is 13.8 Å². The van der Waals surface area contributed by atoms with Crippen LogP contribution in [-0.4, -0.2) is 42.5 Å². The van der Waals surface area contributed by atoms with Crippen LogP contribution in [0.15, 0.2) is 71.8 Å². The van der Waals surface area contributed by atoms with E-state index in [2.05, 4.69) is 34.5 Å². The number of ether oxygens (including phenoxy) is 2. The molecule has 7 nitrogen and oxygen atoms in total. The van der Waals surface area contributed by atoms with Gasteiger partial charge in [0.2, 0.25) is 5.95 Å². The molecule has 2 heterocycles. The number of nitrogens with zero attached hydrogens (tertiary/aromatic N) is 4. The largest absolute Gasteiger partial charge is 0.457 e. The smallest absolute Gasteiger partial charge is 0.246 e. The summed E-state index contributed by atoms with van der Waals surface area (Å²) in [6, 6.07) is 22.1. The SMILES string of the molecule is Cc1cccc(C=NNc2nc(N3CCOCC3)c3cc(Oc4cccc(C)c4)ccc3n2)c1. The molecule has 1 aliphatic rings. The van der Waals surface area contributed by atoms with Gasteiger partial charge in [0.15, 0.2) is 0 Å². The summed E-state index contributed by atoms with van der Waals surface area (Å²) in [5.41, 5.74) is 7.17. The Balaban J connectivity index is 1.47. The molecule has 4 aromatic rings. The lowest BCUT2D eigenvalue weighted by molar-refractivity contribution is 0.122. The van der Waals surface area contributed by atoms with Gasteiger partial charge in [0.1, 0.15) is 17.3 Å². The Morgan fingerprint density at radius 1 is 0.912 bits per heavy atom. The number of aromatic nitrogens is 2. The molecular weight excluding hydrogens is 426 g/mol. The van der Waals surface area contributed by atoms with Crippen molar-refractivity contribution in [1.29, 1.82) is 0 Å². The van der Waals surface area contributed by atoms with E-state index < -0.39 is 0 Å². The number of fused-ring (bicyclic) bond motifs is 1. The Hall–Kier alpha value is -3.97. The summed E-state index contributed by atoms with van der Waals surface area (Å²) < 4.78 is 11.7. The lowest BCUT2D eigenvalue weighted by Crippen LogP contribution is -2.37. The van der Waals surface area contributed by atoms with Crippen molar-refractivity contribution >= 4 is 28.9 Å².